The van der Waals surface area contributed by atoms with Gasteiger partial charge in [-0.15, -0.1) is 0 Å². The summed E-state index contributed by atoms with van der Waals surface area (Å²) in [4.78, 5) is 11.4. The Bertz CT molecular complexity index is 284. The van der Waals surface area contributed by atoms with Crippen molar-refractivity contribution in [1.82, 2.24) is 10.6 Å². The van der Waals surface area contributed by atoms with Gasteiger partial charge in [-0.2, -0.15) is 13.2 Å². The highest BCUT2D eigenvalue weighted by atomic mass is 19.4. The molecule has 3 atom stereocenters. The number of carbonyl (C=O) groups is 1. The van der Waals surface area contributed by atoms with E-state index >= 15 is 0 Å². The Kier molecular flexibility index (Phi) is 5.40. The third-order valence-electron chi connectivity index (χ3n) is 2.91. The van der Waals surface area contributed by atoms with E-state index in [4.69, 9.17) is 0 Å². The van der Waals surface area contributed by atoms with Crippen LogP contribution in [0.2, 0.25) is 0 Å². The molecule has 1 saturated heterocycles. The zero-order valence-corrected chi connectivity index (χ0v) is 10.5. The first-order valence-corrected chi connectivity index (χ1v) is 5.98. The molecule has 1 amide bonds. The molecule has 106 valence electrons. The first kappa shape index (κ1) is 15.2. The summed E-state index contributed by atoms with van der Waals surface area (Å²) in [6.07, 6.45) is -2.64. The molecule has 4 nitrogen and oxygen atoms in total. The van der Waals surface area contributed by atoms with Gasteiger partial charge in [-0.3, -0.25) is 4.79 Å². The van der Waals surface area contributed by atoms with Crippen LogP contribution < -0.4 is 10.6 Å². The summed E-state index contributed by atoms with van der Waals surface area (Å²) in [5, 5.41) is 5.96. The topological polar surface area (TPSA) is 50.4 Å². The third kappa shape index (κ3) is 5.68. The fourth-order valence-corrected chi connectivity index (χ4v) is 2.03. The number of halogens is 3. The van der Waals surface area contributed by atoms with E-state index in [2.05, 4.69) is 22.3 Å². The second kappa shape index (κ2) is 6.38. The zero-order valence-electron chi connectivity index (χ0n) is 10.5. The van der Waals surface area contributed by atoms with Gasteiger partial charge in [0.1, 0.15) is 13.2 Å². The molecule has 1 rings (SSSR count). The molecule has 0 aromatic carbocycles. The summed E-state index contributed by atoms with van der Waals surface area (Å²) >= 11 is 0. The smallest absolute Gasteiger partial charge is 0.362 e. The molecule has 0 aromatic rings. The van der Waals surface area contributed by atoms with Crippen molar-refractivity contribution in [3.8, 4) is 0 Å². The summed E-state index contributed by atoms with van der Waals surface area (Å²) in [6.45, 7) is 2.05. The van der Waals surface area contributed by atoms with Gasteiger partial charge in [0.25, 0.3) is 0 Å². The van der Waals surface area contributed by atoms with E-state index in [-0.39, 0.29) is 12.1 Å². The van der Waals surface area contributed by atoms with Crippen LogP contribution in [0.5, 0.6) is 0 Å². The van der Waals surface area contributed by atoms with Crippen molar-refractivity contribution in [2.75, 3.05) is 13.2 Å². The summed E-state index contributed by atoms with van der Waals surface area (Å²) in [7, 11) is 0. The summed E-state index contributed by atoms with van der Waals surface area (Å²) in [6, 6.07) is 0.457. The van der Waals surface area contributed by atoms with Crippen molar-refractivity contribution in [2.45, 2.75) is 51.0 Å². The van der Waals surface area contributed by atoms with Crippen LogP contribution in [-0.2, 0) is 9.53 Å². The molecule has 18 heavy (non-hydrogen) atoms. The Balaban J connectivity index is 2.24. The number of carbonyl (C=O) groups excluding carboxylic acids is 1. The number of nitrogens with one attached hydrogen (secondary N) is 2. The minimum absolute atomic E-state index is 0.0526. The molecule has 0 spiro atoms. The fraction of sp³-hybridized carbons (Fsp3) is 0.909. The normalized spacial score (nSPS) is 29.1. The van der Waals surface area contributed by atoms with Gasteiger partial charge < -0.3 is 15.4 Å². The van der Waals surface area contributed by atoms with Crippen LogP contribution in [0.15, 0.2) is 0 Å². The Morgan fingerprint density at radius 1 is 1.39 bits per heavy atom. The average molecular weight is 268 g/mol. The summed E-state index contributed by atoms with van der Waals surface area (Å²) < 4.78 is 39.7. The van der Waals surface area contributed by atoms with E-state index in [1.165, 1.54) is 0 Å². The molecule has 1 heterocycles. The van der Waals surface area contributed by atoms with Crippen LogP contribution >= 0.6 is 0 Å². The lowest BCUT2D eigenvalue weighted by Crippen LogP contribution is -2.55. The van der Waals surface area contributed by atoms with Crippen molar-refractivity contribution in [3.63, 3.8) is 0 Å². The number of ether oxygens (including phenoxy) is 1. The van der Waals surface area contributed by atoms with Gasteiger partial charge >= 0.3 is 6.18 Å². The first-order chi connectivity index (χ1) is 8.28. The maximum Gasteiger partial charge on any atom is 0.411 e. The highest BCUT2D eigenvalue weighted by molar-refractivity contribution is 5.77. The molecule has 7 heteroatoms. The SMILES string of the molecule is CC1CCC(NC(=O)COCC(F)(F)F)C(C)N1. The summed E-state index contributed by atoms with van der Waals surface area (Å²) in [5.41, 5.74) is 0. The van der Waals surface area contributed by atoms with Crippen LogP contribution in [0.4, 0.5) is 13.2 Å². The monoisotopic (exact) mass is 268 g/mol. The van der Waals surface area contributed by atoms with Gasteiger partial charge in [-0.05, 0) is 26.7 Å². The molecule has 0 saturated carbocycles. The standard InChI is InChI=1S/C11H19F3N2O2/c1-7-3-4-9(8(2)15-7)16-10(17)5-18-6-11(12,13)14/h7-9,15H,3-6H2,1-2H3,(H,16,17). The van der Waals surface area contributed by atoms with Crippen LogP contribution in [0.3, 0.4) is 0 Å². The average Bonchev–Trinajstić information content (AvgIpc) is 2.20. The van der Waals surface area contributed by atoms with Crippen LogP contribution in [0.1, 0.15) is 26.7 Å². The number of amides is 1. The lowest BCUT2D eigenvalue weighted by Gasteiger charge is -2.34. The molecule has 1 fully saturated rings. The van der Waals surface area contributed by atoms with Crippen molar-refractivity contribution in [2.24, 2.45) is 0 Å². The van der Waals surface area contributed by atoms with Gasteiger partial charge in [0, 0.05) is 18.1 Å². The Labute approximate surface area is 104 Å². The second-order valence-corrected chi connectivity index (χ2v) is 4.72. The van der Waals surface area contributed by atoms with E-state index < -0.39 is 25.3 Å². The molecule has 0 aliphatic carbocycles. The van der Waals surface area contributed by atoms with Gasteiger partial charge in [0.2, 0.25) is 5.91 Å². The molecule has 2 N–H and O–H groups in total. The van der Waals surface area contributed by atoms with Crippen molar-refractivity contribution in [1.29, 1.82) is 0 Å². The molecule has 1 aliphatic rings. The molecule has 0 bridgehead atoms. The van der Waals surface area contributed by atoms with Crippen LogP contribution in [0.25, 0.3) is 0 Å². The molecule has 1 aliphatic heterocycles. The van der Waals surface area contributed by atoms with Crippen molar-refractivity contribution in [3.05, 3.63) is 0 Å². The zero-order chi connectivity index (χ0) is 13.8. The van der Waals surface area contributed by atoms with Crippen molar-refractivity contribution < 1.29 is 22.7 Å². The van der Waals surface area contributed by atoms with Gasteiger partial charge in [0.05, 0.1) is 0 Å². The van der Waals surface area contributed by atoms with Crippen LogP contribution in [-0.4, -0.2) is 43.4 Å². The first-order valence-electron chi connectivity index (χ1n) is 5.98. The lowest BCUT2D eigenvalue weighted by molar-refractivity contribution is -0.175. The maximum absolute atomic E-state index is 11.8. The number of hydrogen-bond acceptors (Lipinski definition) is 3. The predicted octanol–water partition coefficient (Wildman–Crippen LogP) is 1.21. The van der Waals surface area contributed by atoms with Crippen molar-refractivity contribution >= 4 is 5.91 Å². The Hall–Kier alpha value is -0.820. The number of piperidine rings is 1. The Morgan fingerprint density at radius 2 is 2.06 bits per heavy atom. The molecule has 3 unspecified atom stereocenters. The Morgan fingerprint density at radius 3 is 2.61 bits per heavy atom. The summed E-state index contributed by atoms with van der Waals surface area (Å²) in [5.74, 6) is -0.507. The number of alkyl halides is 3. The van der Waals surface area contributed by atoms with E-state index in [0.29, 0.717) is 6.04 Å². The molecular formula is C11H19F3N2O2. The van der Waals surface area contributed by atoms with Gasteiger partial charge in [-0.1, -0.05) is 0 Å². The largest absolute Gasteiger partial charge is 0.411 e. The fourth-order valence-electron chi connectivity index (χ4n) is 2.03. The molecule has 0 radical (unpaired) electrons. The highest BCUT2D eigenvalue weighted by Crippen LogP contribution is 2.15. The van der Waals surface area contributed by atoms with Crippen LogP contribution in [0, 0.1) is 0 Å². The van der Waals surface area contributed by atoms with Gasteiger partial charge in [-0.25, -0.2) is 0 Å². The minimum Gasteiger partial charge on any atom is -0.362 e. The number of rotatable bonds is 4. The van der Waals surface area contributed by atoms with Gasteiger partial charge in [0.15, 0.2) is 0 Å². The highest BCUT2D eigenvalue weighted by Gasteiger charge is 2.29. The molecular weight excluding hydrogens is 249 g/mol. The minimum atomic E-state index is -4.39. The van der Waals surface area contributed by atoms with E-state index in [0.717, 1.165) is 12.8 Å². The second-order valence-electron chi connectivity index (χ2n) is 4.72. The van der Waals surface area contributed by atoms with E-state index in [9.17, 15) is 18.0 Å². The maximum atomic E-state index is 11.8. The quantitative estimate of drug-likeness (QED) is 0.806. The molecule has 0 aromatic heterocycles. The third-order valence-corrected chi connectivity index (χ3v) is 2.91. The lowest BCUT2D eigenvalue weighted by atomic mass is 9.95. The number of hydrogen-bond donors (Lipinski definition) is 2. The van der Waals surface area contributed by atoms with E-state index in [1.807, 2.05) is 6.92 Å². The van der Waals surface area contributed by atoms with E-state index in [1.54, 1.807) is 0 Å². The predicted molar refractivity (Wildman–Crippen MR) is 60.1 cm³/mol.